The Kier molecular flexibility index (Phi) is 3.06. The van der Waals surface area contributed by atoms with Crippen molar-refractivity contribution in [2.75, 3.05) is 6.54 Å². The average molecular weight is 271 g/mol. The van der Waals surface area contributed by atoms with E-state index in [9.17, 15) is 14.4 Å². The van der Waals surface area contributed by atoms with Gasteiger partial charge in [-0.3, -0.25) is 19.4 Å². The number of Topliss-reactive ketones (excluding diaryl/α,β-unsaturated/α-hetero) is 2. The normalized spacial score (nSPS) is 19.1. The van der Waals surface area contributed by atoms with Crippen LogP contribution < -0.4 is 0 Å². The molecule has 0 spiro atoms. The number of nitrogens with zero attached hydrogens (tertiary/aromatic N) is 3. The summed E-state index contributed by atoms with van der Waals surface area (Å²) < 4.78 is 0. The van der Waals surface area contributed by atoms with Gasteiger partial charge in [0.25, 0.3) is 5.78 Å². The van der Waals surface area contributed by atoms with E-state index in [2.05, 4.69) is 4.99 Å². The molecule has 0 N–H and O–H groups in total. The summed E-state index contributed by atoms with van der Waals surface area (Å²) in [5.41, 5.74) is 1.83. The van der Waals surface area contributed by atoms with Gasteiger partial charge in [0.05, 0.1) is 12.2 Å². The zero-order chi connectivity index (χ0) is 14.1. The van der Waals surface area contributed by atoms with Gasteiger partial charge < -0.3 is 0 Å². The first-order chi connectivity index (χ1) is 9.66. The van der Waals surface area contributed by atoms with Crippen LogP contribution >= 0.6 is 0 Å². The molecule has 0 atom stereocenters. The predicted octanol–water partition coefficient (Wildman–Crippen LogP) is 0.838. The molecule has 2 aliphatic heterocycles. The number of amides is 1. The standard InChI is InChI=1S/C14H13N3O3/c18-12-6-3-7-17(14(20)13(12)19)16-8-10-4-1-2-5-11(10)15-9-16/h1-2,4-5,9H,3,6-8H2. The smallest absolute Gasteiger partial charge is 0.290 e. The average Bonchev–Trinajstić information content (AvgIpc) is 2.60. The third-order valence-corrected chi connectivity index (χ3v) is 3.42. The van der Waals surface area contributed by atoms with Crippen molar-refractivity contribution in [2.45, 2.75) is 19.4 Å². The highest BCUT2D eigenvalue weighted by molar-refractivity contribution is 6.63. The lowest BCUT2D eigenvalue weighted by atomic mass is 10.1. The minimum atomic E-state index is -0.935. The monoisotopic (exact) mass is 271 g/mol. The maximum Gasteiger partial charge on any atom is 0.316 e. The summed E-state index contributed by atoms with van der Waals surface area (Å²) in [6, 6.07) is 7.61. The van der Waals surface area contributed by atoms with Crippen molar-refractivity contribution in [3.05, 3.63) is 29.8 Å². The minimum Gasteiger partial charge on any atom is -0.290 e. The molecule has 1 aromatic carbocycles. The number of hydrazine groups is 1. The zero-order valence-electron chi connectivity index (χ0n) is 10.8. The molecule has 6 nitrogen and oxygen atoms in total. The van der Waals surface area contributed by atoms with Crippen molar-refractivity contribution >= 4 is 29.5 Å². The van der Waals surface area contributed by atoms with Gasteiger partial charge >= 0.3 is 5.91 Å². The SMILES string of the molecule is O=C1CCCN(N2C=Nc3ccccc3C2)C(=O)C1=O. The van der Waals surface area contributed by atoms with Crippen LogP contribution in [0.15, 0.2) is 29.3 Å². The molecule has 0 unspecified atom stereocenters. The molecular weight excluding hydrogens is 258 g/mol. The molecule has 102 valence electrons. The molecule has 1 amide bonds. The van der Waals surface area contributed by atoms with Gasteiger partial charge in [-0.2, -0.15) is 0 Å². The molecule has 0 aliphatic carbocycles. The highest BCUT2D eigenvalue weighted by atomic mass is 16.2. The number of carbonyl (C=O) groups excluding carboxylic acids is 3. The topological polar surface area (TPSA) is 70.1 Å². The number of para-hydroxylation sites is 1. The maximum absolute atomic E-state index is 12.0. The lowest BCUT2D eigenvalue weighted by Gasteiger charge is -2.33. The Bertz CT molecular complexity index is 624. The highest BCUT2D eigenvalue weighted by Crippen LogP contribution is 2.24. The molecule has 20 heavy (non-hydrogen) atoms. The first-order valence-electron chi connectivity index (χ1n) is 6.44. The maximum atomic E-state index is 12.0. The fraction of sp³-hybridized carbons (Fsp3) is 0.286. The third-order valence-electron chi connectivity index (χ3n) is 3.42. The van der Waals surface area contributed by atoms with Gasteiger partial charge in [-0.15, -0.1) is 0 Å². The van der Waals surface area contributed by atoms with E-state index in [4.69, 9.17) is 0 Å². The minimum absolute atomic E-state index is 0.128. The van der Waals surface area contributed by atoms with Gasteiger partial charge in [0.1, 0.15) is 6.34 Å². The van der Waals surface area contributed by atoms with Gasteiger partial charge in [0, 0.05) is 13.0 Å². The van der Waals surface area contributed by atoms with Crippen LogP contribution in [0.3, 0.4) is 0 Å². The molecule has 1 saturated heterocycles. The van der Waals surface area contributed by atoms with Gasteiger partial charge in [0.2, 0.25) is 5.78 Å². The summed E-state index contributed by atoms with van der Waals surface area (Å²) in [6.45, 7) is 0.817. The Labute approximate surface area is 115 Å². The van der Waals surface area contributed by atoms with Crippen LogP contribution in [0.1, 0.15) is 18.4 Å². The van der Waals surface area contributed by atoms with E-state index in [1.807, 2.05) is 24.3 Å². The number of ketones is 2. The van der Waals surface area contributed by atoms with Crippen molar-refractivity contribution in [3.8, 4) is 0 Å². The fourth-order valence-corrected chi connectivity index (χ4v) is 2.35. The summed E-state index contributed by atoms with van der Waals surface area (Å²) >= 11 is 0. The third kappa shape index (κ3) is 2.09. The number of fused-ring (bicyclic) bond motifs is 1. The van der Waals surface area contributed by atoms with E-state index in [1.54, 1.807) is 5.01 Å². The Morgan fingerprint density at radius 2 is 1.90 bits per heavy atom. The summed E-state index contributed by atoms with van der Waals surface area (Å²) in [5, 5.41) is 2.91. The number of aliphatic imine (C=N–C) groups is 1. The molecule has 0 saturated carbocycles. The Hall–Kier alpha value is -2.50. The van der Waals surface area contributed by atoms with E-state index in [0.717, 1.165) is 11.3 Å². The van der Waals surface area contributed by atoms with Crippen molar-refractivity contribution in [1.82, 2.24) is 10.0 Å². The van der Waals surface area contributed by atoms with Gasteiger partial charge in [0.15, 0.2) is 0 Å². The largest absolute Gasteiger partial charge is 0.316 e. The second-order valence-corrected chi connectivity index (χ2v) is 4.76. The number of hydrogen-bond donors (Lipinski definition) is 0. The number of rotatable bonds is 1. The summed E-state index contributed by atoms with van der Waals surface area (Å²) in [4.78, 5) is 39.3. The van der Waals surface area contributed by atoms with E-state index in [-0.39, 0.29) is 6.42 Å². The molecule has 0 bridgehead atoms. The predicted molar refractivity (Wildman–Crippen MR) is 71.1 cm³/mol. The van der Waals surface area contributed by atoms with Crippen LogP contribution in [0.2, 0.25) is 0 Å². The van der Waals surface area contributed by atoms with Crippen LogP contribution in [-0.2, 0) is 20.9 Å². The second kappa shape index (κ2) is 4.88. The number of hydrogen-bond acceptors (Lipinski definition) is 5. The summed E-state index contributed by atoms with van der Waals surface area (Å²) in [7, 11) is 0. The molecule has 6 heteroatoms. The first kappa shape index (κ1) is 12.5. The van der Waals surface area contributed by atoms with Crippen LogP contribution in [0.5, 0.6) is 0 Å². The second-order valence-electron chi connectivity index (χ2n) is 4.76. The lowest BCUT2D eigenvalue weighted by molar-refractivity contribution is -0.154. The van der Waals surface area contributed by atoms with E-state index >= 15 is 0 Å². The van der Waals surface area contributed by atoms with E-state index in [0.29, 0.717) is 19.5 Å². The van der Waals surface area contributed by atoms with Crippen LogP contribution in [0.25, 0.3) is 0 Å². The van der Waals surface area contributed by atoms with Gasteiger partial charge in [-0.05, 0) is 18.1 Å². The van der Waals surface area contributed by atoms with E-state index in [1.165, 1.54) is 11.3 Å². The zero-order valence-corrected chi connectivity index (χ0v) is 10.8. The van der Waals surface area contributed by atoms with Crippen LogP contribution in [0, 0.1) is 0 Å². The number of benzene rings is 1. The molecule has 2 heterocycles. The van der Waals surface area contributed by atoms with Crippen LogP contribution in [-0.4, -0.2) is 40.4 Å². The molecular formula is C14H13N3O3. The molecule has 2 aliphatic rings. The quantitative estimate of drug-likeness (QED) is 0.710. The van der Waals surface area contributed by atoms with E-state index < -0.39 is 17.5 Å². The Morgan fingerprint density at radius 1 is 1.10 bits per heavy atom. The van der Waals surface area contributed by atoms with Gasteiger partial charge in [-0.25, -0.2) is 10.0 Å². The fourth-order valence-electron chi connectivity index (χ4n) is 2.35. The molecule has 3 rings (SSSR count). The van der Waals surface area contributed by atoms with Crippen LogP contribution in [0.4, 0.5) is 5.69 Å². The molecule has 1 fully saturated rings. The molecule has 0 radical (unpaired) electrons. The Balaban J connectivity index is 1.86. The van der Waals surface area contributed by atoms with Crippen molar-refractivity contribution in [2.24, 2.45) is 4.99 Å². The van der Waals surface area contributed by atoms with Gasteiger partial charge in [-0.1, -0.05) is 18.2 Å². The van der Waals surface area contributed by atoms with Crippen molar-refractivity contribution in [1.29, 1.82) is 0 Å². The summed E-state index contributed by atoms with van der Waals surface area (Å²) in [6.07, 6.45) is 2.15. The highest BCUT2D eigenvalue weighted by Gasteiger charge is 2.34. The van der Waals surface area contributed by atoms with Crippen molar-refractivity contribution in [3.63, 3.8) is 0 Å². The first-order valence-corrected chi connectivity index (χ1v) is 6.44. The van der Waals surface area contributed by atoms with Crippen molar-refractivity contribution < 1.29 is 14.4 Å². The summed E-state index contributed by atoms with van der Waals surface area (Å²) in [5.74, 6) is -2.31. The molecule has 1 aromatic rings. The molecule has 0 aromatic heterocycles. The Morgan fingerprint density at radius 3 is 2.75 bits per heavy atom. The number of carbonyl (C=O) groups is 3. The lowest BCUT2D eigenvalue weighted by Crippen LogP contribution is -2.49.